The van der Waals surface area contributed by atoms with Crippen molar-refractivity contribution >= 4 is 0 Å². The molecule has 1 fully saturated rings. The third-order valence-electron chi connectivity index (χ3n) is 3.75. The third-order valence-corrected chi connectivity index (χ3v) is 3.75. The summed E-state index contributed by atoms with van der Waals surface area (Å²) in [6, 6.07) is 8.26. The van der Waals surface area contributed by atoms with Gasteiger partial charge >= 0.3 is 0 Å². The quantitative estimate of drug-likeness (QED) is 0.836. The zero-order valence-electron chi connectivity index (χ0n) is 11.3. The molecule has 0 aliphatic carbocycles. The molecule has 1 unspecified atom stereocenters. The van der Waals surface area contributed by atoms with E-state index in [4.69, 9.17) is 10.5 Å². The fraction of sp³-hybridized carbons (Fsp3) is 0.600. The minimum absolute atomic E-state index is 0.527. The highest BCUT2D eigenvalue weighted by Gasteiger charge is 2.18. The van der Waals surface area contributed by atoms with Crippen LogP contribution in [0.4, 0.5) is 0 Å². The monoisotopic (exact) mass is 248 g/mol. The molecule has 2 N–H and O–H groups in total. The van der Waals surface area contributed by atoms with Crippen molar-refractivity contribution in [3.05, 3.63) is 29.8 Å². The zero-order valence-corrected chi connectivity index (χ0v) is 11.3. The Morgan fingerprint density at radius 1 is 1.28 bits per heavy atom. The first-order chi connectivity index (χ1) is 8.83. The molecular formula is C15H24N2O. The maximum Gasteiger partial charge on any atom is 0.122 e. The predicted molar refractivity (Wildman–Crippen MR) is 74.9 cm³/mol. The molecule has 1 aromatic carbocycles. The van der Waals surface area contributed by atoms with Crippen molar-refractivity contribution in [1.29, 1.82) is 0 Å². The highest BCUT2D eigenvalue weighted by Crippen LogP contribution is 2.21. The van der Waals surface area contributed by atoms with Gasteiger partial charge in [-0.15, -0.1) is 0 Å². The van der Waals surface area contributed by atoms with Gasteiger partial charge in [-0.25, -0.2) is 0 Å². The summed E-state index contributed by atoms with van der Waals surface area (Å²) in [6.45, 7) is 4.34. The van der Waals surface area contributed by atoms with Crippen LogP contribution in [0.25, 0.3) is 0 Å². The Kier molecular flexibility index (Phi) is 5.02. The summed E-state index contributed by atoms with van der Waals surface area (Å²) in [7, 11) is 1.73. The number of para-hydroxylation sites is 1. The lowest BCUT2D eigenvalue weighted by Gasteiger charge is -2.23. The summed E-state index contributed by atoms with van der Waals surface area (Å²) >= 11 is 0. The molecule has 0 radical (unpaired) electrons. The van der Waals surface area contributed by atoms with Crippen LogP contribution in [-0.4, -0.2) is 38.2 Å². The number of methoxy groups -OCH3 is 1. The number of nitrogens with zero attached hydrogens (tertiary/aromatic N) is 1. The van der Waals surface area contributed by atoms with Crippen LogP contribution in [-0.2, 0) is 6.42 Å². The Morgan fingerprint density at radius 2 is 2.00 bits per heavy atom. The molecule has 18 heavy (non-hydrogen) atoms. The molecule has 1 saturated heterocycles. The highest BCUT2D eigenvalue weighted by molar-refractivity contribution is 5.33. The van der Waals surface area contributed by atoms with Gasteiger partial charge in [0.05, 0.1) is 7.11 Å². The van der Waals surface area contributed by atoms with Crippen LogP contribution in [0.1, 0.15) is 18.4 Å². The molecule has 1 aliphatic heterocycles. The van der Waals surface area contributed by atoms with Crippen LogP contribution in [0.5, 0.6) is 5.75 Å². The molecule has 1 heterocycles. The van der Waals surface area contributed by atoms with Gasteiger partial charge in [-0.1, -0.05) is 18.2 Å². The van der Waals surface area contributed by atoms with E-state index in [1.807, 2.05) is 12.1 Å². The molecule has 3 nitrogen and oxygen atoms in total. The molecule has 0 amide bonds. The van der Waals surface area contributed by atoms with E-state index in [0.717, 1.165) is 25.3 Å². The number of likely N-dealkylation sites (tertiary alicyclic amines) is 1. The molecule has 0 saturated carbocycles. The lowest BCUT2D eigenvalue weighted by Crippen LogP contribution is -2.32. The summed E-state index contributed by atoms with van der Waals surface area (Å²) in [4.78, 5) is 2.53. The fourth-order valence-corrected chi connectivity index (χ4v) is 2.74. The minimum atomic E-state index is 0.527. The van der Waals surface area contributed by atoms with Gasteiger partial charge in [-0.05, 0) is 56.4 Å². The number of benzene rings is 1. The van der Waals surface area contributed by atoms with Gasteiger partial charge in [-0.2, -0.15) is 0 Å². The summed E-state index contributed by atoms with van der Waals surface area (Å²) in [5, 5.41) is 0. The molecule has 0 bridgehead atoms. The van der Waals surface area contributed by atoms with E-state index in [0.29, 0.717) is 5.92 Å². The van der Waals surface area contributed by atoms with Crippen LogP contribution >= 0.6 is 0 Å². The highest BCUT2D eigenvalue weighted by atomic mass is 16.5. The SMILES string of the molecule is COc1ccccc1CC(CN)CN1CCCC1. The molecule has 3 heteroatoms. The number of hydrogen-bond donors (Lipinski definition) is 1. The maximum absolute atomic E-state index is 5.92. The van der Waals surface area contributed by atoms with Crippen molar-refractivity contribution in [3.8, 4) is 5.75 Å². The third kappa shape index (κ3) is 3.47. The number of rotatable bonds is 6. The largest absolute Gasteiger partial charge is 0.496 e. The first-order valence-corrected chi connectivity index (χ1v) is 6.87. The van der Waals surface area contributed by atoms with Crippen LogP contribution in [0, 0.1) is 5.92 Å². The van der Waals surface area contributed by atoms with E-state index in [-0.39, 0.29) is 0 Å². The lowest BCUT2D eigenvalue weighted by molar-refractivity contribution is 0.278. The van der Waals surface area contributed by atoms with E-state index in [1.54, 1.807) is 7.11 Å². The van der Waals surface area contributed by atoms with E-state index < -0.39 is 0 Å². The summed E-state index contributed by atoms with van der Waals surface area (Å²) in [5.41, 5.74) is 7.20. The molecule has 0 spiro atoms. The number of nitrogens with two attached hydrogens (primary N) is 1. The second kappa shape index (κ2) is 6.76. The van der Waals surface area contributed by atoms with Gasteiger partial charge < -0.3 is 15.4 Å². The van der Waals surface area contributed by atoms with Gasteiger partial charge in [0.15, 0.2) is 0 Å². The lowest BCUT2D eigenvalue weighted by atomic mass is 9.98. The van der Waals surface area contributed by atoms with Crippen molar-refractivity contribution < 1.29 is 4.74 Å². The van der Waals surface area contributed by atoms with Gasteiger partial charge in [0.1, 0.15) is 5.75 Å². The average molecular weight is 248 g/mol. The Bertz CT molecular complexity index is 361. The van der Waals surface area contributed by atoms with E-state index >= 15 is 0 Å². The van der Waals surface area contributed by atoms with E-state index in [9.17, 15) is 0 Å². The van der Waals surface area contributed by atoms with Crippen LogP contribution in [0.3, 0.4) is 0 Å². The molecule has 1 aliphatic rings. The van der Waals surface area contributed by atoms with Gasteiger partial charge in [-0.3, -0.25) is 0 Å². The molecule has 0 aromatic heterocycles. The van der Waals surface area contributed by atoms with E-state index in [2.05, 4.69) is 17.0 Å². The first-order valence-electron chi connectivity index (χ1n) is 6.87. The van der Waals surface area contributed by atoms with Crippen LogP contribution in [0.15, 0.2) is 24.3 Å². The standard InChI is InChI=1S/C15H24N2O/c1-18-15-7-3-2-6-14(15)10-13(11-16)12-17-8-4-5-9-17/h2-3,6-7,13H,4-5,8-12,16H2,1H3. The van der Waals surface area contributed by atoms with Gasteiger partial charge in [0.2, 0.25) is 0 Å². The topological polar surface area (TPSA) is 38.5 Å². The fourth-order valence-electron chi connectivity index (χ4n) is 2.74. The first kappa shape index (κ1) is 13.4. The Hall–Kier alpha value is -1.06. The summed E-state index contributed by atoms with van der Waals surface area (Å²) in [6.07, 6.45) is 3.69. The van der Waals surface area contributed by atoms with Crippen LogP contribution in [0.2, 0.25) is 0 Å². The summed E-state index contributed by atoms with van der Waals surface area (Å²) in [5.74, 6) is 1.51. The maximum atomic E-state index is 5.92. The predicted octanol–water partition coefficient (Wildman–Crippen LogP) is 1.91. The second-order valence-electron chi connectivity index (χ2n) is 5.13. The molecular weight excluding hydrogens is 224 g/mol. The minimum Gasteiger partial charge on any atom is -0.496 e. The van der Waals surface area contributed by atoms with Crippen molar-refractivity contribution in [2.45, 2.75) is 19.3 Å². The van der Waals surface area contributed by atoms with Crippen LogP contribution < -0.4 is 10.5 Å². The number of ether oxygens (including phenoxy) is 1. The van der Waals surface area contributed by atoms with Crippen molar-refractivity contribution in [2.24, 2.45) is 11.7 Å². The molecule has 100 valence electrons. The van der Waals surface area contributed by atoms with Gasteiger partial charge in [0, 0.05) is 6.54 Å². The van der Waals surface area contributed by atoms with Crippen molar-refractivity contribution in [1.82, 2.24) is 4.90 Å². The summed E-state index contributed by atoms with van der Waals surface area (Å²) < 4.78 is 5.41. The normalized spacial score (nSPS) is 17.9. The zero-order chi connectivity index (χ0) is 12.8. The van der Waals surface area contributed by atoms with Crippen molar-refractivity contribution in [3.63, 3.8) is 0 Å². The van der Waals surface area contributed by atoms with Crippen molar-refractivity contribution in [2.75, 3.05) is 33.3 Å². The van der Waals surface area contributed by atoms with Gasteiger partial charge in [0.25, 0.3) is 0 Å². The Morgan fingerprint density at radius 3 is 2.67 bits per heavy atom. The second-order valence-corrected chi connectivity index (χ2v) is 5.13. The molecule has 1 atom stereocenters. The smallest absolute Gasteiger partial charge is 0.122 e. The Labute approximate surface area is 110 Å². The Balaban J connectivity index is 1.96. The molecule has 2 rings (SSSR count). The average Bonchev–Trinajstić information content (AvgIpc) is 2.91. The molecule has 1 aromatic rings. The van der Waals surface area contributed by atoms with E-state index in [1.165, 1.54) is 31.5 Å². The number of hydrogen-bond acceptors (Lipinski definition) is 3.